The molecule has 0 spiro atoms. The van der Waals surface area contributed by atoms with E-state index in [0.29, 0.717) is 23.4 Å². The zero-order valence-electron chi connectivity index (χ0n) is 12.7. The Balaban J connectivity index is 1.53. The second-order valence-corrected chi connectivity index (χ2v) is 7.66. The van der Waals surface area contributed by atoms with Crippen LogP contribution in [0.25, 0.3) is 10.6 Å². The van der Waals surface area contributed by atoms with Gasteiger partial charge in [0.1, 0.15) is 0 Å². The van der Waals surface area contributed by atoms with Gasteiger partial charge in [-0.2, -0.15) is 0 Å². The van der Waals surface area contributed by atoms with E-state index < -0.39 is 0 Å². The SMILES string of the molecule is CC(CC(=O)Nc1nc(-c2cccs2)cs1)C1CCCNC1. The van der Waals surface area contributed by atoms with Gasteiger partial charge in [-0.1, -0.05) is 13.0 Å². The average molecular weight is 335 g/mol. The fourth-order valence-electron chi connectivity index (χ4n) is 2.86. The van der Waals surface area contributed by atoms with Gasteiger partial charge in [0, 0.05) is 11.8 Å². The van der Waals surface area contributed by atoms with E-state index in [1.54, 1.807) is 11.3 Å². The highest BCUT2D eigenvalue weighted by Gasteiger charge is 2.22. The maximum Gasteiger partial charge on any atom is 0.226 e. The van der Waals surface area contributed by atoms with Crippen LogP contribution in [0.2, 0.25) is 0 Å². The minimum absolute atomic E-state index is 0.0742. The zero-order valence-corrected chi connectivity index (χ0v) is 14.3. The smallest absolute Gasteiger partial charge is 0.226 e. The van der Waals surface area contributed by atoms with Gasteiger partial charge in [0.25, 0.3) is 0 Å². The second-order valence-electron chi connectivity index (χ2n) is 5.85. The van der Waals surface area contributed by atoms with Crippen molar-refractivity contribution in [2.24, 2.45) is 11.8 Å². The Morgan fingerprint density at radius 1 is 1.55 bits per heavy atom. The van der Waals surface area contributed by atoms with E-state index in [2.05, 4.69) is 22.5 Å². The number of carbonyl (C=O) groups is 1. The van der Waals surface area contributed by atoms with Crippen LogP contribution in [-0.4, -0.2) is 24.0 Å². The van der Waals surface area contributed by atoms with E-state index >= 15 is 0 Å². The first-order valence-corrected chi connectivity index (χ1v) is 9.48. The summed E-state index contributed by atoms with van der Waals surface area (Å²) >= 11 is 3.15. The van der Waals surface area contributed by atoms with Crippen molar-refractivity contribution in [2.45, 2.75) is 26.2 Å². The summed E-state index contributed by atoms with van der Waals surface area (Å²) in [5, 5.41) is 11.1. The first-order valence-electron chi connectivity index (χ1n) is 7.72. The first-order chi connectivity index (χ1) is 10.7. The normalized spacial score (nSPS) is 19.8. The van der Waals surface area contributed by atoms with Gasteiger partial charge in [-0.15, -0.1) is 22.7 Å². The van der Waals surface area contributed by atoms with Crippen molar-refractivity contribution >= 4 is 33.7 Å². The molecule has 4 nitrogen and oxygen atoms in total. The number of nitrogens with zero attached hydrogens (tertiary/aromatic N) is 1. The Labute approximate surface area is 139 Å². The van der Waals surface area contributed by atoms with Crippen molar-refractivity contribution < 1.29 is 4.79 Å². The summed E-state index contributed by atoms with van der Waals surface area (Å²) in [7, 11) is 0. The van der Waals surface area contributed by atoms with E-state index in [1.165, 1.54) is 24.2 Å². The molecule has 0 aliphatic carbocycles. The highest BCUT2D eigenvalue weighted by molar-refractivity contribution is 7.16. The van der Waals surface area contributed by atoms with E-state index in [-0.39, 0.29) is 5.91 Å². The number of amides is 1. The van der Waals surface area contributed by atoms with Crippen LogP contribution in [0.15, 0.2) is 22.9 Å². The topological polar surface area (TPSA) is 54.0 Å². The molecule has 2 unspecified atom stereocenters. The Kier molecular flexibility index (Phi) is 5.23. The van der Waals surface area contributed by atoms with E-state index in [9.17, 15) is 4.79 Å². The molecular weight excluding hydrogens is 314 g/mol. The maximum atomic E-state index is 12.2. The summed E-state index contributed by atoms with van der Waals surface area (Å²) in [5.41, 5.74) is 0.944. The lowest BCUT2D eigenvalue weighted by atomic mass is 9.85. The number of rotatable bonds is 5. The van der Waals surface area contributed by atoms with Gasteiger partial charge in [-0.3, -0.25) is 4.79 Å². The molecule has 1 aliphatic rings. The molecule has 3 rings (SSSR count). The third-order valence-corrected chi connectivity index (χ3v) is 5.82. The first kappa shape index (κ1) is 15.6. The quantitative estimate of drug-likeness (QED) is 0.873. The fourth-order valence-corrected chi connectivity index (χ4v) is 4.35. The summed E-state index contributed by atoms with van der Waals surface area (Å²) in [6.07, 6.45) is 3.01. The number of hydrogen-bond donors (Lipinski definition) is 2. The Morgan fingerprint density at radius 2 is 2.45 bits per heavy atom. The van der Waals surface area contributed by atoms with Gasteiger partial charge in [-0.05, 0) is 49.2 Å². The molecule has 2 atom stereocenters. The summed E-state index contributed by atoms with van der Waals surface area (Å²) in [6, 6.07) is 4.06. The van der Waals surface area contributed by atoms with Crippen molar-refractivity contribution in [3.8, 4) is 10.6 Å². The molecule has 0 radical (unpaired) electrons. The molecule has 0 aromatic carbocycles. The van der Waals surface area contributed by atoms with Gasteiger partial charge >= 0.3 is 0 Å². The third kappa shape index (κ3) is 3.94. The van der Waals surface area contributed by atoms with E-state index in [1.807, 2.05) is 22.9 Å². The maximum absolute atomic E-state index is 12.2. The van der Waals surface area contributed by atoms with Crippen LogP contribution in [0.4, 0.5) is 5.13 Å². The molecule has 1 fully saturated rings. The number of nitrogens with one attached hydrogen (secondary N) is 2. The molecule has 1 amide bonds. The minimum Gasteiger partial charge on any atom is -0.316 e. The van der Waals surface area contributed by atoms with Crippen LogP contribution in [0.1, 0.15) is 26.2 Å². The molecular formula is C16H21N3OS2. The summed E-state index contributed by atoms with van der Waals surface area (Å²) in [4.78, 5) is 17.8. The standard InChI is InChI=1S/C16H21N3OS2/c1-11(12-4-2-6-17-9-12)8-15(20)19-16-18-13(10-22-16)14-5-3-7-21-14/h3,5,7,10-12,17H,2,4,6,8-9H2,1H3,(H,18,19,20). The monoisotopic (exact) mass is 335 g/mol. The number of thiazole rings is 1. The lowest BCUT2D eigenvalue weighted by molar-refractivity contribution is -0.117. The largest absolute Gasteiger partial charge is 0.316 e. The van der Waals surface area contributed by atoms with Crippen molar-refractivity contribution in [1.29, 1.82) is 0 Å². The number of aromatic nitrogens is 1. The Morgan fingerprint density at radius 3 is 3.18 bits per heavy atom. The van der Waals surface area contributed by atoms with Crippen LogP contribution < -0.4 is 10.6 Å². The van der Waals surface area contributed by atoms with Crippen molar-refractivity contribution in [3.63, 3.8) is 0 Å². The highest BCUT2D eigenvalue weighted by Crippen LogP contribution is 2.29. The van der Waals surface area contributed by atoms with Gasteiger partial charge in [0.05, 0.1) is 10.6 Å². The molecule has 22 heavy (non-hydrogen) atoms. The molecule has 2 N–H and O–H groups in total. The van der Waals surface area contributed by atoms with Crippen molar-refractivity contribution in [1.82, 2.24) is 10.3 Å². The van der Waals surface area contributed by atoms with Gasteiger partial charge < -0.3 is 10.6 Å². The molecule has 2 aromatic rings. The van der Waals surface area contributed by atoms with Crippen molar-refractivity contribution in [3.05, 3.63) is 22.9 Å². The highest BCUT2D eigenvalue weighted by atomic mass is 32.1. The second kappa shape index (κ2) is 7.35. The van der Waals surface area contributed by atoms with Gasteiger partial charge in [-0.25, -0.2) is 4.98 Å². The number of hydrogen-bond acceptors (Lipinski definition) is 5. The predicted octanol–water partition coefficient (Wildman–Crippen LogP) is 3.84. The van der Waals surface area contributed by atoms with E-state index in [4.69, 9.17) is 0 Å². The summed E-state index contributed by atoms with van der Waals surface area (Å²) < 4.78 is 0. The molecule has 1 aliphatic heterocycles. The number of carbonyl (C=O) groups excluding carboxylic acids is 1. The minimum atomic E-state index is 0.0742. The van der Waals surface area contributed by atoms with Crippen LogP contribution in [0, 0.1) is 11.8 Å². The molecule has 6 heteroatoms. The molecule has 1 saturated heterocycles. The summed E-state index contributed by atoms with van der Waals surface area (Å²) in [5.74, 6) is 1.09. The summed E-state index contributed by atoms with van der Waals surface area (Å²) in [6.45, 7) is 4.32. The molecule has 2 aromatic heterocycles. The molecule has 0 saturated carbocycles. The zero-order chi connectivity index (χ0) is 15.4. The number of thiophene rings is 1. The Bertz CT molecular complexity index is 603. The Hall–Kier alpha value is -1.24. The van der Waals surface area contributed by atoms with E-state index in [0.717, 1.165) is 23.7 Å². The van der Waals surface area contributed by atoms with Gasteiger partial charge in [0.2, 0.25) is 5.91 Å². The van der Waals surface area contributed by atoms with Gasteiger partial charge in [0.15, 0.2) is 5.13 Å². The number of piperidine rings is 1. The molecule has 118 valence electrons. The van der Waals surface area contributed by atoms with Crippen LogP contribution in [0.3, 0.4) is 0 Å². The average Bonchev–Trinajstić information content (AvgIpc) is 3.19. The van der Waals surface area contributed by atoms with Crippen LogP contribution in [0.5, 0.6) is 0 Å². The van der Waals surface area contributed by atoms with Crippen molar-refractivity contribution in [2.75, 3.05) is 18.4 Å². The lowest BCUT2D eigenvalue weighted by Gasteiger charge is -2.27. The molecule has 3 heterocycles. The lowest BCUT2D eigenvalue weighted by Crippen LogP contribution is -2.34. The molecule has 0 bridgehead atoms. The fraction of sp³-hybridized carbons (Fsp3) is 0.500. The third-order valence-electron chi connectivity index (χ3n) is 4.17. The number of anilines is 1. The van der Waals surface area contributed by atoms with Crippen LogP contribution >= 0.6 is 22.7 Å². The van der Waals surface area contributed by atoms with Crippen LogP contribution in [-0.2, 0) is 4.79 Å². The predicted molar refractivity (Wildman–Crippen MR) is 93.4 cm³/mol.